The van der Waals surface area contributed by atoms with Gasteiger partial charge in [-0.1, -0.05) is 25.1 Å². The van der Waals surface area contributed by atoms with Crippen molar-refractivity contribution in [2.24, 2.45) is 7.05 Å². The second kappa shape index (κ2) is 11.4. The number of halogens is 2. The second-order valence-electron chi connectivity index (χ2n) is 9.58. The molecule has 218 valence electrons. The number of aryl methyl sites for hydroxylation is 1. The quantitative estimate of drug-likeness (QED) is 0.342. The molecular weight excluding hydrogens is 548 g/mol. The van der Waals surface area contributed by atoms with Crippen molar-refractivity contribution in [2.75, 3.05) is 30.5 Å². The Labute approximate surface area is 240 Å². The second-order valence-corrected chi connectivity index (χ2v) is 9.58. The number of amides is 3. The standard InChI is InChI=1S/C29H29F2N7O4/c1-5-21-22(17-9-11-19(12-10-17)38-27(42-4)34-35(3)28(38)40)13-14-33-25(21)36-16-23(24(30)31)37(29(36)41)20-8-6-7-18(15-20)26(39)32-2/h6-15,23-24H,5,16H2,1-4H3,(H,32,39)/t23-/m1/s1. The number of nitrogens with one attached hydrogen (secondary N) is 1. The van der Waals surface area contributed by atoms with E-state index in [1.807, 2.05) is 19.1 Å². The molecule has 13 heteroatoms. The van der Waals surface area contributed by atoms with Crippen LogP contribution in [-0.4, -0.2) is 64.4 Å². The Bertz CT molecular complexity index is 1700. The fraction of sp³-hybridized carbons (Fsp3) is 0.276. The van der Waals surface area contributed by atoms with Gasteiger partial charge in [0.05, 0.1) is 19.3 Å². The number of alkyl halides is 2. The zero-order valence-electron chi connectivity index (χ0n) is 23.4. The fourth-order valence-corrected chi connectivity index (χ4v) is 5.15. The summed E-state index contributed by atoms with van der Waals surface area (Å²) >= 11 is 0. The van der Waals surface area contributed by atoms with Gasteiger partial charge in [-0.25, -0.2) is 32.6 Å². The SMILES string of the molecule is CCc1c(-c2ccc(-n3c(OC)nn(C)c3=O)cc2)ccnc1N1C[C@H](C(F)F)N(c2cccc(C(=O)NC)c2)C1=O. The highest BCUT2D eigenvalue weighted by atomic mass is 19.3. The van der Waals surface area contributed by atoms with Crippen molar-refractivity contribution in [1.29, 1.82) is 0 Å². The van der Waals surface area contributed by atoms with Gasteiger partial charge < -0.3 is 10.1 Å². The van der Waals surface area contributed by atoms with Gasteiger partial charge in [-0.05, 0) is 53.9 Å². The monoisotopic (exact) mass is 577 g/mol. The smallest absolute Gasteiger partial charge is 0.353 e. The molecule has 11 nitrogen and oxygen atoms in total. The lowest BCUT2D eigenvalue weighted by atomic mass is 9.98. The summed E-state index contributed by atoms with van der Waals surface area (Å²) in [6, 6.07) is 13.0. The van der Waals surface area contributed by atoms with E-state index in [1.165, 1.54) is 53.7 Å². The van der Waals surface area contributed by atoms with Gasteiger partial charge in [-0.2, -0.15) is 0 Å². The topological polar surface area (TPSA) is 115 Å². The Kier molecular flexibility index (Phi) is 7.74. The highest BCUT2D eigenvalue weighted by Gasteiger charge is 2.45. The molecule has 1 aliphatic heterocycles. The molecule has 2 aromatic carbocycles. The molecule has 1 aliphatic rings. The number of ether oxygens (including phenoxy) is 1. The highest BCUT2D eigenvalue weighted by molar-refractivity contribution is 6.08. The molecule has 0 bridgehead atoms. The maximum Gasteiger partial charge on any atom is 0.353 e. The van der Waals surface area contributed by atoms with Crippen molar-refractivity contribution in [3.05, 3.63) is 82.4 Å². The molecule has 0 spiro atoms. The number of aromatic nitrogens is 4. The number of urea groups is 1. The van der Waals surface area contributed by atoms with Crippen LogP contribution in [0.4, 0.5) is 25.1 Å². The van der Waals surface area contributed by atoms with E-state index in [4.69, 9.17) is 4.74 Å². The Morgan fingerprint density at radius 1 is 1.12 bits per heavy atom. The van der Waals surface area contributed by atoms with Crippen molar-refractivity contribution in [2.45, 2.75) is 25.8 Å². The van der Waals surface area contributed by atoms with Crippen LogP contribution in [0.5, 0.6) is 6.01 Å². The van der Waals surface area contributed by atoms with E-state index in [0.29, 0.717) is 17.7 Å². The Hall–Kier alpha value is -5.07. The number of carbonyl (C=O) groups excluding carboxylic acids is 2. The predicted molar refractivity (Wildman–Crippen MR) is 153 cm³/mol. The van der Waals surface area contributed by atoms with E-state index in [1.54, 1.807) is 30.3 Å². The molecule has 1 fully saturated rings. The summed E-state index contributed by atoms with van der Waals surface area (Å²) in [5.74, 6) is -0.112. The van der Waals surface area contributed by atoms with Crippen LogP contribution < -0.4 is 25.5 Å². The maximum absolute atomic E-state index is 14.3. The van der Waals surface area contributed by atoms with Crippen molar-refractivity contribution in [1.82, 2.24) is 24.6 Å². The molecule has 0 aliphatic carbocycles. The molecule has 0 radical (unpaired) electrons. The van der Waals surface area contributed by atoms with Crippen molar-refractivity contribution < 1.29 is 23.1 Å². The molecule has 3 amide bonds. The first-order valence-corrected chi connectivity index (χ1v) is 13.2. The van der Waals surface area contributed by atoms with Gasteiger partial charge in [0.1, 0.15) is 11.9 Å². The number of hydrogen-bond acceptors (Lipinski definition) is 6. The minimum absolute atomic E-state index is 0.141. The normalized spacial score (nSPS) is 15.0. The zero-order chi connectivity index (χ0) is 30.1. The number of anilines is 2. The lowest BCUT2D eigenvalue weighted by Gasteiger charge is -2.23. The summed E-state index contributed by atoms with van der Waals surface area (Å²) in [4.78, 5) is 45.2. The number of pyridine rings is 1. The van der Waals surface area contributed by atoms with Crippen LogP contribution in [0.1, 0.15) is 22.8 Å². The third-order valence-corrected chi connectivity index (χ3v) is 7.20. The van der Waals surface area contributed by atoms with E-state index < -0.39 is 24.4 Å². The van der Waals surface area contributed by atoms with Gasteiger partial charge in [0, 0.05) is 37.1 Å². The molecule has 0 saturated carbocycles. The molecular formula is C29H29F2N7O4. The van der Waals surface area contributed by atoms with Gasteiger partial charge in [-0.15, -0.1) is 5.10 Å². The lowest BCUT2D eigenvalue weighted by Crippen LogP contribution is -2.39. The predicted octanol–water partition coefficient (Wildman–Crippen LogP) is 3.64. The van der Waals surface area contributed by atoms with Gasteiger partial charge in [0.15, 0.2) is 0 Å². The number of rotatable bonds is 8. The average Bonchev–Trinajstić information content (AvgIpc) is 3.51. The molecule has 2 aromatic heterocycles. The van der Waals surface area contributed by atoms with Crippen molar-refractivity contribution in [3.8, 4) is 22.8 Å². The summed E-state index contributed by atoms with van der Waals surface area (Å²) in [7, 11) is 4.42. The Balaban J connectivity index is 1.52. The molecule has 1 saturated heterocycles. The third kappa shape index (κ3) is 4.86. The molecule has 1 atom stereocenters. The first-order valence-electron chi connectivity index (χ1n) is 13.2. The van der Waals surface area contributed by atoms with Gasteiger partial charge in [0.2, 0.25) is 0 Å². The molecule has 0 unspecified atom stereocenters. The van der Waals surface area contributed by atoms with Crippen molar-refractivity contribution in [3.63, 3.8) is 0 Å². The maximum atomic E-state index is 14.3. The van der Waals surface area contributed by atoms with Crippen LogP contribution in [0.2, 0.25) is 0 Å². The summed E-state index contributed by atoms with van der Waals surface area (Å²) < 4.78 is 36.3. The van der Waals surface area contributed by atoms with E-state index in [2.05, 4.69) is 15.4 Å². The van der Waals surface area contributed by atoms with E-state index in [-0.39, 0.29) is 35.3 Å². The zero-order valence-corrected chi connectivity index (χ0v) is 23.4. The largest absolute Gasteiger partial charge is 0.467 e. The Morgan fingerprint density at radius 3 is 2.50 bits per heavy atom. The van der Waals surface area contributed by atoms with Gasteiger partial charge in [0.25, 0.3) is 12.3 Å². The highest BCUT2D eigenvalue weighted by Crippen LogP contribution is 2.36. The number of benzene rings is 2. The summed E-state index contributed by atoms with van der Waals surface area (Å²) in [6.45, 7) is 1.61. The van der Waals surface area contributed by atoms with Gasteiger partial charge >= 0.3 is 17.7 Å². The van der Waals surface area contributed by atoms with Crippen LogP contribution in [0.15, 0.2) is 65.6 Å². The van der Waals surface area contributed by atoms with Crippen LogP contribution in [0, 0.1) is 0 Å². The minimum Gasteiger partial charge on any atom is -0.467 e. The molecule has 5 rings (SSSR count). The third-order valence-electron chi connectivity index (χ3n) is 7.20. The van der Waals surface area contributed by atoms with E-state index in [0.717, 1.165) is 16.0 Å². The summed E-state index contributed by atoms with van der Waals surface area (Å²) in [6.07, 6.45) is -0.839. The lowest BCUT2D eigenvalue weighted by molar-refractivity contribution is 0.0963. The number of carbonyl (C=O) groups is 2. The molecule has 4 aromatic rings. The first-order chi connectivity index (χ1) is 20.2. The minimum atomic E-state index is -2.84. The Morgan fingerprint density at radius 2 is 1.86 bits per heavy atom. The molecule has 3 heterocycles. The number of hydrogen-bond donors (Lipinski definition) is 1. The van der Waals surface area contributed by atoms with E-state index in [9.17, 15) is 23.2 Å². The van der Waals surface area contributed by atoms with Crippen molar-refractivity contribution >= 4 is 23.4 Å². The van der Waals surface area contributed by atoms with Gasteiger partial charge in [-0.3, -0.25) is 14.6 Å². The fourth-order valence-electron chi connectivity index (χ4n) is 5.15. The summed E-state index contributed by atoms with van der Waals surface area (Å²) in [5.41, 5.74) is 2.86. The number of methoxy groups -OCH3 is 1. The first kappa shape index (κ1) is 28.5. The molecule has 1 N–H and O–H groups in total. The van der Waals surface area contributed by atoms with Crippen LogP contribution in [-0.2, 0) is 13.5 Å². The van der Waals surface area contributed by atoms with Crippen LogP contribution in [0.3, 0.4) is 0 Å². The van der Waals surface area contributed by atoms with Crippen LogP contribution >= 0.6 is 0 Å². The summed E-state index contributed by atoms with van der Waals surface area (Å²) in [5, 5.41) is 6.56. The van der Waals surface area contributed by atoms with E-state index >= 15 is 0 Å². The average molecular weight is 578 g/mol. The number of nitrogens with zero attached hydrogens (tertiary/aromatic N) is 6. The molecule has 42 heavy (non-hydrogen) atoms. The van der Waals surface area contributed by atoms with Crippen LogP contribution in [0.25, 0.3) is 16.8 Å².